The van der Waals surface area contributed by atoms with Crippen LogP contribution in [0, 0.1) is 0 Å². The molecule has 0 radical (unpaired) electrons. The second-order valence-corrected chi connectivity index (χ2v) is 3.94. The summed E-state index contributed by atoms with van der Waals surface area (Å²) in [5.41, 5.74) is 0.616. The number of benzene rings is 1. The Balaban J connectivity index is 2.15. The van der Waals surface area contributed by atoms with Crippen molar-refractivity contribution in [2.24, 2.45) is 0 Å². The molecule has 3 N–H and O–H groups in total. The Bertz CT molecular complexity index is 390. The molecule has 0 saturated carbocycles. The van der Waals surface area contributed by atoms with Crippen LogP contribution >= 0.6 is 0 Å². The average molecular weight is 250 g/mol. The fraction of sp³-hybridized carbons (Fsp3) is 0.385. The van der Waals surface area contributed by atoms with E-state index < -0.39 is 12.0 Å². The Morgan fingerprint density at radius 2 is 1.78 bits per heavy atom. The van der Waals surface area contributed by atoms with E-state index in [2.05, 4.69) is 10.6 Å². The van der Waals surface area contributed by atoms with Crippen molar-refractivity contribution in [1.82, 2.24) is 10.6 Å². The highest BCUT2D eigenvalue weighted by molar-refractivity contribution is 5.94. The van der Waals surface area contributed by atoms with E-state index in [0.717, 1.165) is 0 Å². The van der Waals surface area contributed by atoms with Gasteiger partial charge >= 0.3 is 0 Å². The molecule has 0 unspecified atom stereocenters. The lowest BCUT2D eigenvalue weighted by Gasteiger charge is -2.08. The van der Waals surface area contributed by atoms with Crippen molar-refractivity contribution < 1.29 is 14.7 Å². The maximum Gasteiger partial charge on any atom is 0.251 e. The van der Waals surface area contributed by atoms with E-state index in [1.54, 1.807) is 24.3 Å². The van der Waals surface area contributed by atoms with E-state index in [9.17, 15) is 9.59 Å². The molecule has 0 heterocycles. The summed E-state index contributed by atoms with van der Waals surface area (Å²) >= 11 is 0. The normalized spacial score (nSPS) is 11.7. The van der Waals surface area contributed by atoms with E-state index in [0.29, 0.717) is 25.1 Å². The second kappa shape index (κ2) is 7.45. The fourth-order valence-corrected chi connectivity index (χ4v) is 1.34. The minimum absolute atomic E-state index is 0.127. The van der Waals surface area contributed by atoms with E-state index in [1.807, 2.05) is 6.07 Å². The first-order valence-electron chi connectivity index (χ1n) is 5.90. The average Bonchev–Trinajstić information content (AvgIpc) is 2.38. The molecule has 98 valence electrons. The van der Waals surface area contributed by atoms with Gasteiger partial charge in [0.05, 0.1) is 0 Å². The van der Waals surface area contributed by atoms with Crippen LogP contribution in [0.2, 0.25) is 0 Å². The number of amides is 2. The topological polar surface area (TPSA) is 78.4 Å². The van der Waals surface area contributed by atoms with Crippen LogP contribution in [0.4, 0.5) is 0 Å². The van der Waals surface area contributed by atoms with Crippen molar-refractivity contribution in [3.05, 3.63) is 35.9 Å². The minimum atomic E-state index is -0.996. The number of carbonyl (C=O) groups excluding carboxylic acids is 2. The molecule has 1 rings (SSSR count). The van der Waals surface area contributed by atoms with Gasteiger partial charge in [-0.25, -0.2) is 0 Å². The van der Waals surface area contributed by atoms with Gasteiger partial charge in [0.2, 0.25) is 5.91 Å². The van der Waals surface area contributed by atoms with Crippen molar-refractivity contribution in [3.8, 4) is 0 Å². The Labute approximate surface area is 106 Å². The molecule has 0 bridgehead atoms. The Morgan fingerprint density at radius 1 is 1.17 bits per heavy atom. The van der Waals surface area contributed by atoms with E-state index in [1.165, 1.54) is 6.92 Å². The van der Waals surface area contributed by atoms with E-state index in [4.69, 9.17) is 5.11 Å². The van der Waals surface area contributed by atoms with E-state index >= 15 is 0 Å². The van der Waals surface area contributed by atoms with Crippen molar-refractivity contribution in [2.45, 2.75) is 19.4 Å². The monoisotopic (exact) mass is 250 g/mol. The lowest BCUT2D eigenvalue weighted by atomic mass is 10.2. The van der Waals surface area contributed by atoms with Crippen LogP contribution in [0.3, 0.4) is 0 Å². The lowest BCUT2D eigenvalue weighted by Crippen LogP contribution is -2.35. The smallest absolute Gasteiger partial charge is 0.251 e. The number of rotatable bonds is 6. The third-order valence-electron chi connectivity index (χ3n) is 2.35. The molecule has 18 heavy (non-hydrogen) atoms. The molecule has 2 amide bonds. The molecule has 5 heteroatoms. The summed E-state index contributed by atoms with van der Waals surface area (Å²) in [5, 5.41) is 14.2. The Hall–Kier alpha value is -1.88. The van der Waals surface area contributed by atoms with Gasteiger partial charge < -0.3 is 15.7 Å². The Kier molecular flexibility index (Phi) is 5.87. The highest BCUT2D eigenvalue weighted by Gasteiger charge is 2.07. The summed E-state index contributed by atoms with van der Waals surface area (Å²) in [5.74, 6) is -0.526. The predicted molar refractivity (Wildman–Crippen MR) is 68.1 cm³/mol. The van der Waals surface area contributed by atoms with Crippen molar-refractivity contribution in [1.29, 1.82) is 0 Å². The molecule has 0 spiro atoms. The second-order valence-electron chi connectivity index (χ2n) is 3.94. The number of aliphatic hydroxyl groups excluding tert-OH is 1. The van der Waals surface area contributed by atoms with Gasteiger partial charge in [-0.3, -0.25) is 9.59 Å². The molecule has 0 fully saturated rings. The molecule has 1 atom stereocenters. The summed E-state index contributed by atoms with van der Waals surface area (Å²) in [6.45, 7) is 2.32. The third-order valence-corrected chi connectivity index (χ3v) is 2.35. The van der Waals surface area contributed by atoms with Crippen LogP contribution in [0.1, 0.15) is 23.7 Å². The first-order chi connectivity index (χ1) is 8.61. The van der Waals surface area contributed by atoms with Crippen LogP contribution in [-0.4, -0.2) is 36.1 Å². The molecule has 0 aliphatic carbocycles. The van der Waals surface area contributed by atoms with Crippen LogP contribution in [0.5, 0.6) is 0 Å². The maximum atomic E-state index is 11.6. The molecule has 5 nitrogen and oxygen atoms in total. The molecule has 1 aromatic rings. The van der Waals surface area contributed by atoms with Gasteiger partial charge in [-0.1, -0.05) is 18.2 Å². The summed E-state index contributed by atoms with van der Waals surface area (Å²) in [6, 6.07) is 8.94. The van der Waals surface area contributed by atoms with Crippen molar-refractivity contribution in [2.75, 3.05) is 13.1 Å². The number of hydrogen-bond donors (Lipinski definition) is 3. The lowest BCUT2D eigenvalue weighted by molar-refractivity contribution is -0.128. The zero-order chi connectivity index (χ0) is 13.4. The molecule has 0 aliphatic heterocycles. The number of hydrogen-bond acceptors (Lipinski definition) is 3. The van der Waals surface area contributed by atoms with Gasteiger partial charge in [0.25, 0.3) is 5.91 Å². The quantitative estimate of drug-likeness (QED) is 0.636. The SMILES string of the molecule is C[C@H](O)C(=O)NCCCNC(=O)c1ccccc1. The minimum Gasteiger partial charge on any atom is -0.384 e. The first kappa shape index (κ1) is 14.2. The summed E-state index contributed by atoms with van der Waals surface area (Å²) in [7, 11) is 0. The molecule has 0 aromatic heterocycles. The Morgan fingerprint density at radius 3 is 2.39 bits per heavy atom. The van der Waals surface area contributed by atoms with Gasteiger partial charge in [-0.05, 0) is 25.5 Å². The standard InChI is InChI=1S/C13H18N2O3/c1-10(16)12(17)14-8-5-9-15-13(18)11-6-3-2-4-7-11/h2-4,6-7,10,16H,5,8-9H2,1H3,(H,14,17)(H,15,18)/t10-/m0/s1. The number of aliphatic hydroxyl groups is 1. The maximum absolute atomic E-state index is 11.6. The third kappa shape index (κ3) is 4.97. The largest absolute Gasteiger partial charge is 0.384 e. The van der Waals surface area contributed by atoms with Crippen LogP contribution < -0.4 is 10.6 Å². The number of carbonyl (C=O) groups is 2. The predicted octanol–water partition coefficient (Wildman–Crippen LogP) is 0.303. The summed E-state index contributed by atoms with van der Waals surface area (Å²) in [4.78, 5) is 22.6. The van der Waals surface area contributed by atoms with Gasteiger partial charge in [-0.15, -0.1) is 0 Å². The van der Waals surface area contributed by atoms with Crippen LogP contribution in [0.25, 0.3) is 0 Å². The van der Waals surface area contributed by atoms with Gasteiger partial charge in [0.15, 0.2) is 0 Å². The van der Waals surface area contributed by atoms with Crippen LogP contribution in [-0.2, 0) is 4.79 Å². The van der Waals surface area contributed by atoms with Crippen molar-refractivity contribution in [3.63, 3.8) is 0 Å². The molecule has 1 aromatic carbocycles. The van der Waals surface area contributed by atoms with Crippen LogP contribution in [0.15, 0.2) is 30.3 Å². The molecular formula is C13H18N2O3. The zero-order valence-electron chi connectivity index (χ0n) is 10.3. The molecular weight excluding hydrogens is 232 g/mol. The number of nitrogens with one attached hydrogen (secondary N) is 2. The first-order valence-corrected chi connectivity index (χ1v) is 5.90. The van der Waals surface area contributed by atoms with E-state index in [-0.39, 0.29) is 5.91 Å². The van der Waals surface area contributed by atoms with Crippen molar-refractivity contribution >= 4 is 11.8 Å². The fourth-order valence-electron chi connectivity index (χ4n) is 1.34. The van der Waals surface area contributed by atoms with Gasteiger partial charge in [-0.2, -0.15) is 0 Å². The highest BCUT2D eigenvalue weighted by Crippen LogP contribution is 1.97. The van der Waals surface area contributed by atoms with Gasteiger partial charge in [0.1, 0.15) is 6.10 Å². The van der Waals surface area contributed by atoms with Gasteiger partial charge in [0, 0.05) is 18.7 Å². The molecule has 0 saturated heterocycles. The molecule has 0 aliphatic rings. The summed E-state index contributed by atoms with van der Waals surface area (Å²) in [6.07, 6.45) is -0.374. The zero-order valence-corrected chi connectivity index (χ0v) is 10.3. The highest BCUT2D eigenvalue weighted by atomic mass is 16.3. The summed E-state index contributed by atoms with van der Waals surface area (Å²) < 4.78 is 0.